The van der Waals surface area contributed by atoms with Crippen molar-refractivity contribution >= 4 is 52.5 Å². The van der Waals surface area contributed by atoms with Crippen LogP contribution >= 0.6 is 46.6 Å². The zero-order valence-electron chi connectivity index (χ0n) is 20.3. The maximum atomic E-state index is 14.0. The molecule has 0 N–H and O–H groups in total. The van der Waals surface area contributed by atoms with Gasteiger partial charge in [-0.05, 0) is 54.2 Å². The van der Waals surface area contributed by atoms with Crippen LogP contribution in [0.5, 0.6) is 0 Å². The number of amides is 1. The summed E-state index contributed by atoms with van der Waals surface area (Å²) >= 11 is 20.8. The van der Waals surface area contributed by atoms with Crippen molar-refractivity contribution < 1.29 is 9.53 Å². The molecule has 2 aromatic carbocycles. The minimum atomic E-state index is -0.601. The van der Waals surface area contributed by atoms with Gasteiger partial charge in [-0.1, -0.05) is 79.8 Å². The summed E-state index contributed by atoms with van der Waals surface area (Å²) in [6.07, 6.45) is 3.47. The Hall–Kier alpha value is -1.17. The van der Waals surface area contributed by atoms with Crippen LogP contribution in [0.15, 0.2) is 55.1 Å². The number of carbonyl (C=O) groups excluding carboxylic acids is 1. The Bertz CT molecular complexity index is 1060. The number of hydrogen-bond donors (Lipinski definition) is 0. The molecule has 1 amide bonds. The highest BCUT2D eigenvalue weighted by Gasteiger charge is 2.49. The van der Waals surface area contributed by atoms with E-state index in [1.807, 2.05) is 48.2 Å². The first-order chi connectivity index (χ1) is 16.6. The Balaban J connectivity index is 1.84. The highest BCUT2D eigenvalue weighted by atomic mass is 35.5. The van der Waals surface area contributed by atoms with Gasteiger partial charge in [0, 0.05) is 28.0 Å². The highest BCUT2D eigenvalue weighted by Crippen LogP contribution is 2.49. The quantitative estimate of drug-likeness (QED) is 0.307. The third-order valence-corrected chi connectivity index (χ3v) is 8.87. The smallest absolute Gasteiger partial charge is 0.252 e. The second-order valence-corrected chi connectivity index (χ2v) is 13.4. The lowest BCUT2D eigenvalue weighted by Gasteiger charge is -2.48. The largest absolute Gasteiger partial charge is 0.358 e. The lowest BCUT2D eigenvalue weighted by molar-refractivity contribution is -0.178. The van der Waals surface area contributed by atoms with E-state index in [9.17, 15) is 4.79 Å². The Morgan fingerprint density at radius 2 is 1.74 bits per heavy atom. The third kappa shape index (κ3) is 6.40. The first kappa shape index (κ1) is 26.9. The van der Waals surface area contributed by atoms with E-state index in [1.54, 1.807) is 12.1 Å². The number of thioether (sulfide) groups is 1. The van der Waals surface area contributed by atoms with Gasteiger partial charge in [0.2, 0.25) is 0 Å². The summed E-state index contributed by atoms with van der Waals surface area (Å²) < 4.78 is 6.64. The fourth-order valence-electron chi connectivity index (χ4n) is 4.64. The molecule has 1 saturated heterocycles. The van der Waals surface area contributed by atoms with Crippen LogP contribution in [0.4, 0.5) is 0 Å². The van der Waals surface area contributed by atoms with Crippen molar-refractivity contribution in [1.82, 2.24) is 4.90 Å². The zero-order chi connectivity index (χ0) is 25.3. The number of morpholine rings is 1. The van der Waals surface area contributed by atoms with Gasteiger partial charge in [0.15, 0.2) is 0 Å². The number of halogens is 3. The van der Waals surface area contributed by atoms with E-state index >= 15 is 0 Å². The van der Waals surface area contributed by atoms with Gasteiger partial charge in [0.1, 0.15) is 12.2 Å². The molecule has 0 unspecified atom stereocenters. The van der Waals surface area contributed by atoms with Gasteiger partial charge in [0.05, 0.1) is 16.1 Å². The number of benzene rings is 2. The predicted octanol–water partition coefficient (Wildman–Crippen LogP) is 8.54. The number of rotatable bonds is 8. The summed E-state index contributed by atoms with van der Waals surface area (Å²) in [5.74, 6) is 1.38. The molecule has 1 aliphatic carbocycles. The van der Waals surface area contributed by atoms with Gasteiger partial charge in [-0.3, -0.25) is 4.79 Å². The number of carbonyl (C=O) groups is 1. The van der Waals surface area contributed by atoms with Crippen LogP contribution < -0.4 is 0 Å². The maximum absolute atomic E-state index is 14.0. The molecule has 0 radical (unpaired) electrons. The molecule has 188 valence electrons. The summed E-state index contributed by atoms with van der Waals surface area (Å²) in [4.78, 5) is 16.1. The first-order valence-corrected chi connectivity index (χ1v) is 14.1. The molecule has 2 aromatic rings. The van der Waals surface area contributed by atoms with Crippen molar-refractivity contribution in [3.63, 3.8) is 0 Å². The molecule has 35 heavy (non-hydrogen) atoms. The van der Waals surface area contributed by atoms with Gasteiger partial charge >= 0.3 is 0 Å². The van der Waals surface area contributed by atoms with Crippen molar-refractivity contribution in [2.45, 2.75) is 69.1 Å². The topological polar surface area (TPSA) is 29.5 Å². The molecule has 1 saturated carbocycles. The van der Waals surface area contributed by atoms with Crippen LogP contribution in [0.3, 0.4) is 0 Å². The van der Waals surface area contributed by atoms with Crippen LogP contribution in [0.25, 0.3) is 0 Å². The molecule has 7 heteroatoms. The third-order valence-electron chi connectivity index (χ3n) is 6.50. The fourth-order valence-corrected chi connectivity index (χ4v) is 6.18. The van der Waals surface area contributed by atoms with Crippen LogP contribution in [-0.2, 0) is 9.53 Å². The Morgan fingerprint density at radius 3 is 2.31 bits per heavy atom. The minimum Gasteiger partial charge on any atom is -0.358 e. The highest BCUT2D eigenvalue weighted by molar-refractivity contribution is 8.00. The first-order valence-electron chi connectivity index (χ1n) is 12.0. The van der Waals surface area contributed by atoms with E-state index in [2.05, 4.69) is 32.3 Å². The number of nitrogens with zero attached hydrogens (tertiary/aromatic N) is 1. The second-order valence-electron chi connectivity index (χ2n) is 10.3. The summed E-state index contributed by atoms with van der Waals surface area (Å²) in [5.41, 5.74) is 1.88. The average Bonchev–Trinajstić information content (AvgIpc) is 3.63. The number of hydrogen-bond acceptors (Lipinski definition) is 3. The van der Waals surface area contributed by atoms with Crippen molar-refractivity contribution in [2.24, 2.45) is 5.92 Å². The lowest BCUT2D eigenvalue weighted by Crippen LogP contribution is -2.56. The molecule has 1 heterocycles. The van der Waals surface area contributed by atoms with E-state index in [0.717, 1.165) is 29.7 Å². The molecule has 0 spiro atoms. The van der Waals surface area contributed by atoms with E-state index in [0.29, 0.717) is 27.4 Å². The van der Waals surface area contributed by atoms with Gasteiger partial charge in [-0.15, -0.1) is 6.58 Å². The molecule has 1 aliphatic heterocycles. The Labute approximate surface area is 228 Å². The average molecular weight is 553 g/mol. The normalized spacial score (nSPS) is 23.9. The van der Waals surface area contributed by atoms with Crippen molar-refractivity contribution in [3.05, 3.63) is 81.3 Å². The molecule has 0 bridgehead atoms. The zero-order valence-corrected chi connectivity index (χ0v) is 23.4. The van der Waals surface area contributed by atoms with E-state index < -0.39 is 12.2 Å². The van der Waals surface area contributed by atoms with Crippen molar-refractivity contribution in [3.8, 4) is 0 Å². The molecule has 0 aromatic heterocycles. The Kier molecular flexibility index (Phi) is 8.50. The molecule has 2 fully saturated rings. The van der Waals surface area contributed by atoms with Gasteiger partial charge in [0.25, 0.3) is 5.91 Å². The predicted molar refractivity (Wildman–Crippen MR) is 149 cm³/mol. The lowest BCUT2D eigenvalue weighted by atomic mass is 9.89. The minimum absolute atomic E-state index is 0.0209. The van der Waals surface area contributed by atoms with E-state index in [1.165, 1.54) is 0 Å². The van der Waals surface area contributed by atoms with Gasteiger partial charge < -0.3 is 9.64 Å². The molecule has 3 nitrogen and oxygen atoms in total. The maximum Gasteiger partial charge on any atom is 0.252 e. The van der Waals surface area contributed by atoms with Crippen LogP contribution in [0.2, 0.25) is 15.1 Å². The van der Waals surface area contributed by atoms with Crippen LogP contribution in [0.1, 0.15) is 63.3 Å². The summed E-state index contributed by atoms with van der Waals surface area (Å²) in [6, 6.07) is 13.1. The fraction of sp³-hybridized carbons (Fsp3) is 0.464. The molecular formula is C28H32Cl3NO2S. The van der Waals surface area contributed by atoms with Crippen molar-refractivity contribution in [2.75, 3.05) is 5.75 Å². The van der Waals surface area contributed by atoms with Crippen LogP contribution in [0, 0.1) is 5.92 Å². The summed E-state index contributed by atoms with van der Waals surface area (Å²) in [5, 5.41) is 1.61. The molecular weight excluding hydrogens is 521 g/mol. The van der Waals surface area contributed by atoms with Gasteiger partial charge in [-0.2, -0.15) is 11.8 Å². The van der Waals surface area contributed by atoms with Crippen LogP contribution in [-0.4, -0.2) is 33.5 Å². The second kappa shape index (κ2) is 11.1. The monoisotopic (exact) mass is 551 g/mol. The van der Waals surface area contributed by atoms with Gasteiger partial charge in [-0.25, -0.2) is 0 Å². The standard InChI is InChI=1S/C28H32Cl3NO2S/c1-5-6-24-27(33)32(23(17-7-8-17)16-35-28(2,3)4)25(18-9-12-20(29)13-10-18)26(34-24)19-11-14-21(30)22(31)15-19/h5,9-15,17,23-26H,1,6-8,16H2,2-4H3/t23-,24+,25-,26-/m1/s1. The van der Waals surface area contributed by atoms with Crippen molar-refractivity contribution in [1.29, 1.82) is 0 Å². The van der Waals surface area contributed by atoms with E-state index in [4.69, 9.17) is 39.5 Å². The summed E-state index contributed by atoms with van der Waals surface area (Å²) in [6.45, 7) is 10.5. The Morgan fingerprint density at radius 1 is 1.09 bits per heavy atom. The summed E-state index contributed by atoms with van der Waals surface area (Å²) in [7, 11) is 0. The molecule has 4 atom stereocenters. The SMILES string of the molecule is C=CC[C@@H]1O[C@H](c2ccc(Cl)c(Cl)c2)[C@@H](c2ccc(Cl)cc2)N([C@H](CSC(C)(C)C)C2CC2)C1=O. The van der Waals surface area contributed by atoms with E-state index in [-0.39, 0.29) is 22.7 Å². The molecule has 4 rings (SSSR count). The molecule has 2 aliphatic rings. The number of ether oxygens (including phenoxy) is 1.